The number of benzene rings is 3. The van der Waals surface area contributed by atoms with Crippen molar-refractivity contribution in [2.45, 2.75) is 0 Å². The fourth-order valence-electron chi connectivity index (χ4n) is 5.04. The molecule has 3 aromatic carbocycles. The molecule has 9 aromatic rings. The summed E-state index contributed by atoms with van der Waals surface area (Å²) in [4.78, 5) is 14.5. The molecule has 0 atom stereocenters. The Morgan fingerprint density at radius 2 is 0.850 bits per heavy atom. The van der Waals surface area contributed by atoms with Crippen LogP contribution in [0.3, 0.4) is 0 Å². The van der Waals surface area contributed by atoms with E-state index in [4.69, 9.17) is 9.97 Å². The number of rotatable bonds is 4. The molecule has 8 heteroatoms. The van der Waals surface area contributed by atoms with Gasteiger partial charge in [0.2, 0.25) is 0 Å². The van der Waals surface area contributed by atoms with Gasteiger partial charge >= 0.3 is 0 Å². The number of thiazole rings is 2. The second kappa shape index (κ2) is 9.14. The van der Waals surface area contributed by atoms with E-state index >= 15 is 0 Å². The Kier molecular flexibility index (Phi) is 5.36. The van der Waals surface area contributed by atoms with Gasteiger partial charge in [0.15, 0.2) is 0 Å². The van der Waals surface area contributed by atoms with Gasteiger partial charge in [-0.3, -0.25) is 0 Å². The summed E-state index contributed by atoms with van der Waals surface area (Å²) in [6.07, 6.45) is 4.05. The summed E-state index contributed by atoms with van der Waals surface area (Å²) in [7, 11) is 0. The van der Waals surface area contributed by atoms with Crippen molar-refractivity contribution in [3.05, 3.63) is 97.3 Å². The van der Waals surface area contributed by atoms with E-state index in [1.807, 2.05) is 69.9 Å². The highest BCUT2D eigenvalue weighted by Gasteiger charge is 2.18. The molecule has 40 heavy (non-hydrogen) atoms. The van der Waals surface area contributed by atoms with E-state index in [0.29, 0.717) is 0 Å². The highest BCUT2D eigenvalue weighted by atomic mass is 32.1. The monoisotopic (exact) mass is 620 g/mol. The van der Waals surface area contributed by atoms with E-state index in [1.54, 1.807) is 22.7 Å². The molecule has 0 amide bonds. The minimum Gasteiger partial charge on any atom is -0.244 e. The van der Waals surface area contributed by atoms with Gasteiger partial charge in [-0.2, -0.15) is 0 Å². The molecule has 0 saturated heterocycles. The number of hydrogen-bond acceptors (Lipinski definition) is 8. The third-order valence-electron chi connectivity index (χ3n) is 6.95. The first-order chi connectivity index (χ1) is 19.8. The third-order valence-corrected chi connectivity index (χ3v) is 14.2. The molecular formula is C32H16N2S6. The van der Waals surface area contributed by atoms with Crippen LogP contribution in [0.15, 0.2) is 97.3 Å². The van der Waals surface area contributed by atoms with Crippen LogP contribution in [0.4, 0.5) is 0 Å². The molecule has 190 valence electrons. The molecule has 6 heterocycles. The van der Waals surface area contributed by atoms with Crippen molar-refractivity contribution >= 4 is 107 Å². The normalized spacial score (nSPS) is 12.0. The summed E-state index contributed by atoms with van der Waals surface area (Å²) in [5.41, 5.74) is 2.36. The molecule has 2 nitrogen and oxygen atoms in total. The molecule has 0 unspecified atom stereocenters. The number of fused-ring (bicyclic) bond motifs is 6. The van der Waals surface area contributed by atoms with Crippen LogP contribution in [0.25, 0.3) is 79.6 Å². The second-order valence-corrected chi connectivity index (χ2v) is 15.8. The predicted octanol–water partition coefficient (Wildman–Crippen LogP) is 12.1. The van der Waals surface area contributed by atoms with E-state index in [0.717, 1.165) is 10.0 Å². The van der Waals surface area contributed by atoms with Gasteiger partial charge in [-0.15, -0.1) is 68.0 Å². The smallest absolute Gasteiger partial charge is 0.123 e. The summed E-state index contributed by atoms with van der Waals surface area (Å²) in [5.74, 6) is 0. The van der Waals surface area contributed by atoms with E-state index in [1.165, 1.54) is 69.6 Å². The van der Waals surface area contributed by atoms with E-state index < -0.39 is 0 Å². The zero-order valence-electron chi connectivity index (χ0n) is 20.6. The molecule has 0 spiro atoms. The first-order valence-electron chi connectivity index (χ1n) is 12.6. The molecule has 0 fully saturated rings. The third kappa shape index (κ3) is 3.75. The van der Waals surface area contributed by atoms with Crippen LogP contribution < -0.4 is 0 Å². The number of nitrogens with zero attached hydrogens (tertiary/aromatic N) is 2. The van der Waals surface area contributed by atoms with Crippen LogP contribution in [0, 0.1) is 0 Å². The van der Waals surface area contributed by atoms with Crippen molar-refractivity contribution in [2.24, 2.45) is 0 Å². The molecule has 0 aliphatic rings. The van der Waals surface area contributed by atoms with Crippen LogP contribution in [-0.4, -0.2) is 9.97 Å². The molecule has 0 radical (unpaired) electrons. The predicted molar refractivity (Wildman–Crippen MR) is 181 cm³/mol. The number of hydrogen-bond donors (Lipinski definition) is 0. The summed E-state index contributed by atoms with van der Waals surface area (Å²) < 4.78 is 8.25. The van der Waals surface area contributed by atoms with E-state index in [-0.39, 0.29) is 0 Å². The summed E-state index contributed by atoms with van der Waals surface area (Å²) in [6.45, 7) is 0. The van der Waals surface area contributed by atoms with Gasteiger partial charge in [0.1, 0.15) is 10.0 Å². The average Bonchev–Trinajstić information content (AvgIpc) is 3.82. The second-order valence-electron chi connectivity index (χ2n) is 9.45. The van der Waals surface area contributed by atoms with Crippen molar-refractivity contribution in [1.29, 1.82) is 0 Å². The van der Waals surface area contributed by atoms with Gasteiger partial charge in [0, 0.05) is 62.8 Å². The van der Waals surface area contributed by atoms with Crippen LogP contribution in [-0.2, 0) is 0 Å². The van der Waals surface area contributed by atoms with Crippen molar-refractivity contribution < 1.29 is 0 Å². The molecule has 9 rings (SSSR count). The van der Waals surface area contributed by atoms with Crippen molar-refractivity contribution in [3.8, 4) is 40.7 Å². The number of thiophene rings is 4. The zero-order chi connectivity index (χ0) is 26.2. The Labute approximate surface area is 253 Å². The van der Waals surface area contributed by atoms with Gasteiger partial charge in [-0.1, -0.05) is 60.7 Å². The van der Waals surface area contributed by atoms with Crippen LogP contribution in [0.5, 0.6) is 0 Å². The van der Waals surface area contributed by atoms with Gasteiger partial charge in [-0.05, 0) is 24.3 Å². The Morgan fingerprint density at radius 3 is 1.30 bits per heavy atom. The summed E-state index contributed by atoms with van der Waals surface area (Å²) in [6, 6.07) is 30.4. The Morgan fingerprint density at radius 1 is 0.400 bits per heavy atom. The Balaban J connectivity index is 1.09. The minimum atomic E-state index is 1.08. The lowest BCUT2D eigenvalue weighted by atomic mass is 10.2. The average molecular weight is 621 g/mol. The maximum atomic E-state index is 4.71. The van der Waals surface area contributed by atoms with E-state index in [9.17, 15) is 0 Å². The van der Waals surface area contributed by atoms with Gasteiger partial charge in [0.25, 0.3) is 0 Å². The van der Waals surface area contributed by atoms with Crippen molar-refractivity contribution in [2.75, 3.05) is 0 Å². The SMILES string of the molecule is c1ccc(-c2ncc(-c3cc4sc5cc6c(cc5c4s3)sc3cc(-c4cnc(-c5ccccc5)s4)sc36)s2)cc1. The molecule has 0 saturated carbocycles. The lowest BCUT2D eigenvalue weighted by molar-refractivity contribution is 1.42. The highest BCUT2D eigenvalue weighted by molar-refractivity contribution is 7.36. The standard InChI is InChI=1S/C32H16N2S6/c1-3-7-17(8-4-1)31-33-15-27(39-31)23-13-25-29(37-23)19-11-22-20(12-21(19)35-25)30-26(36-22)14-24(38-30)28-16-34-32(40-28)18-9-5-2-6-10-18/h1-16H. The van der Waals surface area contributed by atoms with Crippen LogP contribution >= 0.6 is 68.0 Å². The van der Waals surface area contributed by atoms with Crippen molar-refractivity contribution in [1.82, 2.24) is 9.97 Å². The molecule has 0 N–H and O–H groups in total. The number of aromatic nitrogens is 2. The lowest BCUT2D eigenvalue weighted by Crippen LogP contribution is -1.71. The summed E-state index contributed by atoms with van der Waals surface area (Å²) >= 11 is 11.2. The fourth-order valence-corrected chi connectivity index (χ4v) is 12.1. The minimum absolute atomic E-state index is 1.08. The molecule has 0 bridgehead atoms. The van der Waals surface area contributed by atoms with Crippen LogP contribution in [0.1, 0.15) is 0 Å². The van der Waals surface area contributed by atoms with Gasteiger partial charge < -0.3 is 0 Å². The highest BCUT2D eigenvalue weighted by Crippen LogP contribution is 2.50. The largest absolute Gasteiger partial charge is 0.244 e. The lowest BCUT2D eigenvalue weighted by Gasteiger charge is -1.95. The maximum Gasteiger partial charge on any atom is 0.123 e. The fraction of sp³-hybridized carbons (Fsp3) is 0. The van der Waals surface area contributed by atoms with Crippen LogP contribution in [0.2, 0.25) is 0 Å². The Bertz CT molecular complexity index is 2160. The molecular weight excluding hydrogens is 605 g/mol. The molecule has 0 aliphatic carbocycles. The summed E-state index contributed by atoms with van der Waals surface area (Å²) in [5, 5.41) is 4.90. The van der Waals surface area contributed by atoms with Gasteiger partial charge in [-0.25, -0.2) is 9.97 Å². The van der Waals surface area contributed by atoms with E-state index in [2.05, 4.69) is 72.8 Å². The topological polar surface area (TPSA) is 25.8 Å². The molecule has 6 aromatic heterocycles. The zero-order valence-corrected chi connectivity index (χ0v) is 25.5. The first kappa shape index (κ1) is 23.5. The quantitative estimate of drug-likeness (QED) is 0.196. The first-order valence-corrected chi connectivity index (χ1v) is 17.5. The Hall–Kier alpha value is -3.24. The van der Waals surface area contributed by atoms with Crippen molar-refractivity contribution in [3.63, 3.8) is 0 Å². The molecule has 0 aliphatic heterocycles. The van der Waals surface area contributed by atoms with Gasteiger partial charge in [0.05, 0.1) is 19.2 Å². The maximum absolute atomic E-state index is 4.71.